The lowest BCUT2D eigenvalue weighted by atomic mass is 10.1. The summed E-state index contributed by atoms with van der Waals surface area (Å²) < 4.78 is 2.01. The van der Waals surface area contributed by atoms with E-state index in [-0.39, 0.29) is 11.8 Å². The van der Waals surface area contributed by atoms with Crippen LogP contribution in [0.4, 0.5) is 0 Å². The second-order valence-corrected chi connectivity index (χ2v) is 3.25. The Hall–Kier alpha value is -1.18. The number of hydrogen-bond acceptors (Lipinski definition) is 1. The summed E-state index contributed by atoms with van der Waals surface area (Å²) in [6.07, 6.45) is 2.55. The van der Waals surface area contributed by atoms with Crippen LogP contribution in [0.5, 0.6) is 0 Å². The van der Waals surface area contributed by atoms with E-state index in [9.17, 15) is 4.79 Å². The molecule has 0 N–H and O–H groups in total. The van der Waals surface area contributed by atoms with Crippen LogP contribution in [-0.2, 0) is 4.79 Å². The van der Waals surface area contributed by atoms with E-state index in [1.165, 1.54) is 0 Å². The number of aryl methyl sites for hydroxylation is 1. The van der Waals surface area contributed by atoms with E-state index in [4.69, 9.17) is 0 Å². The number of rotatable bonds is 3. The molecule has 1 heterocycles. The second kappa shape index (κ2) is 4.17. The smallest absolute Gasteiger partial charge is 0.213 e. The van der Waals surface area contributed by atoms with Gasteiger partial charge in [-0.15, -0.1) is 0 Å². The third-order valence-corrected chi connectivity index (χ3v) is 2.33. The third-order valence-electron chi connectivity index (χ3n) is 2.33. The van der Waals surface area contributed by atoms with Crippen molar-refractivity contribution < 1.29 is 9.36 Å². The first-order valence-corrected chi connectivity index (χ1v) is 4.66. The van der Waals surface area contributed by atoms with Gasteiger partial charge in [0.2, 0.25) is 6.04 Å². The van der Waals surface area contributed by atoms with Crippen molar-refractivity contribution in [1.82, 2.24) is 0 Å². The van der Waals surface area contributed by atoms with Gasteiger partial charge in [0.25, 0.3) is 0 Å². The van der Waals surface area contributed by atoms with Crippen molar-refractivity contribution in [1.29, 1.82) is 0 Å². The zero-order valence-corrected chi connectivity index (χ0v) is 8.45. The molecule has 0 radical (unpaired) electrons. The van der Waals surface area contributed by atoms with Crippen LogP contribution in [0.1, 0.15) is 32.0 Å². The molecule has 0 aliphatic heterocycles. The normalized spacial score (nSPS) is 12.5. The van der Waals surface area contributed by atoms with Crippen LogP contribution < -0.4 is 4.57 Å². The molecule has 2 nitrogen and oxygen atoms in total. The minimum absolute atomic E-state index is 0.0359. The Morgan fingerprint density at radius 2 is 2.23 bits per heavy atom. The van der Waals surface area contributed by atoms with Gasteiger partial charge < -0.3 is 0 Å². The van der Waals surface area contributed by atoms with E-state index < -0.39 is 0 Å². The molecule has 1 atom stereocenters. The number of Topliss-reactive ketones (excluding diaryl/α,β-unsaturated/α-hetero) is 1. The van der Waals surface area contributed by atoms with Crippen molar-refractivity contribution in [3.8, 4) is 0 Å². The zero-order chi connectivity index (χ0) is 9.84. The molecule has 0 spiro atoms. The topological polar surface area (TPSA) is 20.9 Å². The van der Waals surface area contributed by atoms with Gasteiger partial charge >= 0.3 is 0 Å². The molecule has 0 aliphatic carbocycles. The van der Waals surface area contributed by atoms with Gasteiger partial charge in [0.15, 0.2) is 17.7 Å². The fraction of sp³-hybridized carbons (Fsp3) is 0.455. The number of pyridine rings is 1. The maximum absolute atomic E-state index is 11.4. The van der Waals surface area contributed by atoms with Crippen molar-refractivity contribution in [3.63, 3.8) is 0 Å². The van der Waals surface area contributed by atoms with E-state index >= 15 is 0 Å². The molecule has 1 unspecified atom stereocenters. The fourth-order valence-corrected chi connectivity index (χ4v) is 1.43. The van der Waals surface area contributed by atoms with Gasteiger partial charge in [0, 0.05) is 32.4 Å². The first-order chi connectivity index (χ1) is 6.16. The molecule has 70 valence electrons. The first-order valence-electron chi connectivity index (χ1n) is 4.66. The molecular formula is C11H16NO+. The van der Waals surface area contributed by atoms with Crippen molar-refractivity contribution >= 4 is 5.78 Å². The number of carbonyl (C=O) groups is 1. The largest absolute Gasteiger partial charge is 0.292 e. The number of ketones is 1. The van der Waals surface area contributed by atoms with Gasteiger partial charge in [-0.05, 0) is 0 Å². The van der Waals surface area contributed by atoms with E-state index in [0.29, 0.717) is 6.42 Å². The molecule has 2 heteroatoms. The van der Waals surface area contributed by atoms with Crippen molar-refractivity contribution in [2.45, 2.75) is 33.2 Å². The minimum Gasteiger partial charge on any atom is -0.292 e. The average Bonchev–Trinajstić information content (AvgIpc) is 2.16. The highest BCUT2D eigenvalue weighted by Gasteiger charge is 2.21. The Bertz CT molecular complexity index is 307. The van der Waals surface area contributed by atoms with Crippen molar-refractivity contribution in [2.75, 3.05) is 0 Å². The molecular weight excluding hydrogens is 162 g/mol. The van der Waals surface area contributed by atoms with Gasteiger partial charge in [-0.1, -0.05) is 13.0 Å². The highest BCUT2D eigenvalue weighted by molar-refractivity contribution is 5.80. The Labute approximate surface area is 79.2 Å². The monoisotopic (exact) mass is 178 g/mol. The van der Waals surface area contributed by atoms with Crippen molar-refractivity contribution in [2.24, 2.45) is 0 Å². The molecule has 0 bridgehead atoms. The average molecular weight is 178 g/mol. The fourth-order valence-electron chi connectivity index (χ4n) is 1.43. The quantitative estimate of drug-likeness (QED) is 0.647. The Balaban J connectivity index is 2.95. The van der Waals surface area contributed by atoms with Crippen LogP contribution in [0.3, 0.4) is 0 Å². The standard InChI is InChI=1S/C11H16NO/c1-4-11(13)10(3)12-8-6-5-7-9(12)2/h5-8,10H,4H2,1-3H3/q+1. The van der Waals surface area contributed by atoms with Gasteiger partial charge in [-0.2, -0.15) is 4.57 Å². The molecule has 1 aromatic rings. The molecule has 0 saturated heterocycles. The summed E-state index contributed by atoms with van der Waals surface area (Å²) in [6.45, 7) is 5.86. The summed E-state index contributed by atoms with van der Waals surface area (Å²) in [4.78, 5) is 11.4. The Morgan fingerprint density at radius 3 is 2.77 bits per heavy atom. The molecule has 1 rings (SSSR count). The molecule has 0 aromatic carbocycles. The lowest BCUT2D eigenvalue weighted by Crippen LogP contribution is -2.44. The van der Waals surface area contributed by atoms with Crippen molar-refractivity contribution in [3.05, 3.63) is 30.1 Å². The highest BCUT2D eigenvalue weighted by atomic mass is 16.1. The maximum Gasteiger partial charge on any atom is 0.213 e. The number of nitrogens with zero attached hydrogens (tertiary/aromatic N) is 1. The van der Waals surface area contributed by atoms with Gasteiger partial charge in [0.05, 0.1) is 0 Å². The number of carbonyl (C=O) groups excluding carboxylic acids is 1. The van der Waals surface area contributed by atoms with Crippen LogP contribution in [0.2, 0.25) is 0 Å². The van der Waals surface area contributed by atoms with Gasteiger partial charge in [0.1, 0.15) is 0 Å². The summed E-state index contributed by atoms with van der Waals surface area (Å²) in [7, 11) is 0. The predicted octanol–water partition coefficient (Wildman–Crippen LogP) is 1.82. The molecule has 0 saturated carbocycles. The summed E-state index contributed by atoms with van der Waals surface area (Å²) in [5.41, 5.74) is 1.12. The summed E-state index contributed by atoms with van der Waals surface area (Å²) in [5, 5.41) is 0. The highest BCUT2D eigenvalue weighted by Crippen LogP contribution is 2.01. The lowest BCUT2D eigenvalue weighted by molar-refractivity contribution is -0.711. The minimum atomic E-state index is -0.0359. The first kappa shape index (κ1) is 9.90. The van der Waals surface area contributed by atoms with Crippen LogP contribution in [0.15, 0.2) is 24.4 Å². The Kier molecular flexibility index (Phi) is 3.18. The molecule has 13 heavy (non-hydrogen) atoms. The van der Waals surface area contributed by atoms with E-state index in [1.54, 1.807) is 0 Å². The zero-order valence-electron chi connectivity index (χ0n) is 8.45. The molecule has 1 aromatic heterocycles. The number of aromatic nitrogens is 1. The maximum atomic E-state index is 11.4. The van der Waals surface area contributed by atoms with E-state index in [2.05, 4.69) is 0 Å². The SMILES string of the molecule is CCC(=O)C(C)[n+]1ccccc1C. The van der Waals surface area contributed by atoms with Crippen LogP contribution in [0, 0.1) is 6.92 Å². The van der Waals surface area contributed by atoms with Crippen LogP contribution >= 0.6 is 0 Å². The molecule has 0 aliphatic rings. The van der Waals surface area contributed by atoms with Crippen LogP contribution in [0.25, 0.3) is 0 Å². The second-order valence-electron chi connectivity index (χ2n) is 3.25. The van der Waals surface area contributed by atoms with Gasteiger partial charge in [-0.3, -0.25) is 4.79 Å². The summed E-state index contributed by atoms with van der Waals surface area (Å²) in [6, 6.07) is 5.91. The number of hydrogen-bond donors (Lipinski definition) is 0. The van der Waals surface area contributed by atoms with Gasteiger partial charge in [-0.25, -0.2) is 0 Å². The molecule has 0 fully saturated rings. The van der Waals surface area contributed by atoms with E-state index in [1.807, 2.05) is 49.7 Å². The predicted molar refractivity (Wildman–Crippen MR) is 51.4 cm³/mol. The lowest BCUT2D eigenvalue weighted by Gasteiger charge is -2.06. The third kappa shape index (κ3) is 2.14. The summed E-state index contributed by atoms with van der Waals surface area (Å²) in [5.74, 6) is 0.277. The molecule has 0 amide bonds. The van der Waals surface area contributed by atoms with E-state index in [0.717, 1.165) is 5.69 Å². The van der Waals surface area contributed by atoms with Crippen LogP contribution in [-0.4, -0.2) is 5.78 Å². The summed E-state index contributed by atoms with van der Waals surface area (Å²) >= 11 is 0. The Morgan fingerprint density at radius 1 is 1.54 bits per heavy atom.